The Bertz CT molecular complexity index is 424. The molecule has 0 aliphatic heterocycles. The predicted molar refractivity (Wildman–Crippen MR) is 56.6 cm³/mol. The standard InChI is InChI=1S/C8H11NO4S2/c9-4-3-6(8(10)11)15(12,13)7-2-1-5-14-7/h1-2,5-6H,3-4,9H2,(H,10,11). The highest BCUT2D eigenvalue weighted by atomic mass is 32.2. The van der Waals surface area contributed by atoms with Gasteiger partial charge in [-0.25, -0.2) is 8.42 Å². The van der Waals surface area contributed by atoms with Gasteiger partial charge in [0.2, 0.25) is 9.84 Å². The Hall–Kier alpha value is -0.920. The monoisotopic (exact) mass is 249 g/mol. The lowest BCUT2D eigenvalue weighted by Gasteiger charge is -2.10. The van der Waals surface area contributed by atoms with Gasteiger partial charge in [-0.15, -0.1) is 11.3 Å². The molecule has 84 valence electrons. The van der Waals surface area contributed by atoms with E-state index in [0.717, 1.165) is 11.3 Å². The molecule has 0 aliphatic carbocycles. The molecule has 1 heterocycles. The fraction of sp³-hybridized carbons (Fsp3) is 0.375. The number of aliphatic carboxylic acids is 1. The molecule has 7 heteroatoms. The van der Waals surface area contributed by atoms with E-state index in [-0.39, 0.29) is 17.2 Å². The average Bonchev–Trinajstić information content (AvgIpc) is 2.66. The van der Waals surface area contributed by atoms with Gasteiger partial charge in [0.15, 0.2) is 5.25 Å². The molecular formula is C8H11NO4S2. The van der Waals surface area contributed by atoms with Crippen molar-refractivity contribution < 1.29 is 18.3 Å². The van der Waals surface area contributed by atoms with Crippen LogP contribution in [0.2, 0.25) is 0 Å². The van der Waals surface area contributed by atoms with E-state index in [4.69, 9.17) is 10.8 Å². The molecule has 0 aliphatic rings. The van der Waals surface area contributed by atoms with Gasteiger partial charge in [0, 0.05) is 0 Å². The van der Waals surface area contributed by atoms with Gasteiger partial charge in [-0.3, -0.25) is 4.79 Å². The maximum absolute atomic E-state index is 11.8. The molecule has 1 aromatic heterocycles. The quantitative estimate of drug-likeness (QED) is 0.783. The molecule has 3 N–H and O–H groups in total. The second-order valence-corrected chi connectivity index (χ2v) is 6.19. The van der Waals surface area contributed by atoms with Crippen molar-refractivity contribution in [1.29, 1.82) is 0 Å². The van der Waals surface area contributed by atoms with Crippen molar-refractivity contribution in [3.8, 4) is 0 Å². The van der Waals surface area contributed by atoms with Crippen molar-refractivity contribution in [2.75, 3.05) is 6.54 Å². The molecule has 0 bridgehead atoms. The van der Waals surface area contributed by atoms with E-state index in [1.54, 1.807) is 11.4 Å². The summed E-state index contributed by atoms with van der Waals surface area (Å²) in [5.74, 6) is -1.35. The number of nitrogens with two attached hydrogens (primary N) is 1. The normalized spacial score (nSPS) is 13.7. The first-order chi connectivity index (χ1) is 7.00. The van der Waals surface area contributed by atoms with Gasteiger partial charge in [0.05, 0.1) is 0 Å². The first-order valence-electron chi connectivity index (χ1n) is 4.20. The van der Waals surface area contributed by atoms with E-state index in [0.29, 0.717) is 0 Å². The first kappa shape index (κ1) is 12.2. The van der Waals surface area contributed by atoms with Gasteiger partial charge in [-0.2, -0.15) is 0 Å². The summed E-state index contributed by atoms with van der Waals surface area (Å²) >= 11 is 1.01. The second-order valence-electron chi connectivity index (χ2n) is 2.88. The lowest BCUT2D eigenvalue weighted by molar-refractivity contribution is -0.136. The molecular weight excluding hydrogens is 238 g/mol. The lowest BCUT2D eigenvalue weighted by atomic mass is 10.3. The smallest absolute Gasteiger partial charge is 0.322 e. The van der Waals surface area contributed by atoms with Crippen LogP contribution in [0, 0.1) is 0 Å². The van der Waals surface area contributed by atoms with Gasteiger partial charge >= 0.3 is 5.97 Å². The lowest BCUT2D eigenvalue weighted by Crippen LogP contribution is -2.32. The van der Waals surface area contributed by atoms with Crippen molar-refractivity contribution in [1.82, 2.24) is 0 Å². The minimum absolute atomic E-state index is 0.0293. The minimum Gasteiger partial charge on any atom is -0.480 e. The van der Waals surface area contributed by atoms with E-state index in [1.165, 1.54) is 6.07 Å². The highest BCUT2D eigenvalue weighted by molar-refractivity contribution is 7.94. The molecule has 0 radical (unpaired) electrons. The number of thiophene rings is 1. The summed E-state index contributed by atoms with van der Waals surface area (Å²) in [6, 6.07) is 2.96. The third-order valence-electron chi connectivity index (χ3n) is 1.85. The van der Waals surface area contributed by atoms with Crippen LogP contribution in [0.25, 0.3) is 0 Å². The van der Waals surface area contributed by atoms with Crippen LogP contribution >= 0.6 is 11.3 Å². The largest absolute Gasteiger partial charge is 0.480 e. The molecule has 1 unspecified atom stereocenters. The number of carboxylic acid groups (broad SMARTS) is 1. The van der Waals surface area contributed by atoms with Crippen LogP contribution < -0.4 is 5.73 Å². The Morgan fingerprint density at radius 2 is 2.27 bits per heavy atom. The van der Waals surface area contributed by atoms with E-state index < -0.39 is 21.1 Å². The molecule has 0 saturated carbocycles. The van der Waals surface area contributed by atoms with Gasteiger partial charge in [0.25, 0.3) is 0 Å². The van der Waals surface area contributed by atoms with Crippen LogP contribution in [0.3, 0.4) is 0 Å². The van der Waals surface area contributed by atoms with Crippen LogP contribution in [0.5, 0.6) is 0 Å². The number of rotatable bonds is 5. The second kappa shape index (κ2) is 4.73. The third-order valence-corrected chi connectivity index (χ3v) is 5.38. The van der Waals surface area contributed by atoms with Gasteiger partial charge in [-0.05, 0) is 24.4 Å². The molecule has 1 aromatic rings. The van der Waals surface area contributed by atoms with Crippen LogP contribution in [0.15, 0.2) is 21.7 Å². The summed E-state index contributed by atoms with van der Waals surface area (Å²) in [5, 5.41) is 8.96. The van der Waals surface area contributed by atoms with Crippen molar-refractivity contribution in [3.63, 3.8) is 0 Å². The maximum Gasteiger partial charge on any atom is 0.322 e. The van der Waals surface area contributed by atoms with E-state index in [1.807, 2.05) is 0 Å². The van der Waals surface area contributed by atoms with E-state index in [9.17, 15) is 13.2 Å². The van der Waals surface area contributed by atoms with Gasteiger partial charge in [0.1, 0.15) is 4.21 Å². The Morgan fingerprint density at radius 3 is 2.67 bits per heavy atom. The Morgan fingerprint density at radius 1 is 1.60 bits per heavy atom. The highest BCUT2D eigenvalue weighted by Crippen LogP contribution is 2.22. The molecule has 0 amide bonds. The molecule has 0 saturated heterocycles. The summed E-state index contributed by atoms with van der Waals surface area (Å²) in [6.45, 7) is 0.0293. The average molecular weight is 249 g/mol. The maximum atomic E-state index is 11.8. The molecule has 0 aromatic carbocycles. The third kappa shape index (κ3) is 2.55. The Kier molecular flexibility index (Phi) is 3.83. The summed E-state index contributed by atoms with van der Waals surface area (Å²) in [6.07, 6.45) is -0.0738. The SMILES string of the molecule is NCCC(C(=O)O)S(=O)(=O)c1cccs1. The summed E-state index contributed by atoms with van der Waals surface area (Å²) < 4.78 is 23.7. The highest BCUT2D eigenvalue weighted by Gasteiger charge is 2.33. The number of sulfone groups is 1. The Labute approximate surface area is 91.5 Å². The number of hydrogen-bond acceptors (Lipinski definition) is 5. The fourth-order valence-corrected chi connectivity index (χ4v) is 3.89. The van der Waals surface area contributed by atoms with Crippen LogP contribution in [-0.4, -0.2) is 31.3 Å². The van der Waals surface area contributed by atoms with Gasteiger partial charge in [-0.1, -0.05) is 6.07 Å². The topological polar surface area (TPSA) is 97.5 Å². The van der Waals surface area contributed by atoms with Gasteiger partial charge < -0.3 is 10.8 Å². The van der Waals surface area contributed by atoms with E-state index in [2.05, 4.69) is 0 Å². The van der Waals surface area contributed by atoms with Crippen LogP contribution in [0.1, 0.15) is 6.42 Å². The molecule has 1 atom stereocenters. The zero-order chi connectivity index (χ0) is 11.5. The summed E-state index contributed by atoms with van der Waals surface area (Å²) in [4.78, 5) is 10.8. The van der Waals surface area contributed by atoms with Crippen LogP contribution in [0.4, 0.5) is 0 Å². The first-order valence-corrected chi connectivity index (χ1v) is 6.63. The Balaban J connectivity index is 3.08. The van der Waals surface area contributed by atoms with Crippen molar-refractivity contribution in [2.45, 2.75) is 15.9 Å². The number of hydrogen-bond donors (Lipinski definition) is 2. The number of carbonyl (C=O) groups is 1. The van der Waals surface area contributed by atoms with Crippen LogP contribution in [-0.2, 0) is 14.6 Å². The fourth-order valence-electron chi connectivity index (χ4n) is 1.13. The minimum atomic E-state index is -3.78. The van der Waals surface area contributed by atoms with Crippen molar-refractivity contribution >= 4 is 27.1 Å². The summed E-state index contributed by atoms with van der Waals surface area (Å²) in [5.41, 5.74) is 5.19. The molecule has 0 spiro atoms. The zero-order valence-electron chi connectivity index (χ0n) is 7.79. The molecule has 1 rings (SSSR count). The molecule has 5 nitrogen and oxygen atoms in total. The molecule has 0 fully saturated rings. The predicted octanol–water partition coefficient (Wildman–Crippen LogP) is 0.324. The van der Waals surface area contributed by atoms with Crippen molar-refractivity contribution in [3.05, 3.63) is 17.5 Å². The van der Waals surface area contributed by atoms with E-state index >= 15 is 0 Å². The van der Waals surface area contributed by atoms with Crippen molar-refractivity contribution in [2.24, 2.45) is 5.73 Å². The summed E-state index contributed by atoms with van der Waals surface area (Å²) in [7, 11) is -3.78. The molecule has 15 heavy (non-hydrogen) atoms. The zero-order valence-corrected chi connectivity index (χ0v) is 9.42. The number of carboxylic acids is 1.